The van der Waals surface area contributed by atoms with Gasteiger partial charge in [-0.25, -0.2) is 0 Å². The number of hydrogen-bond acceptors (Lipinski definition) is 4. The second-order valence-electron chi connectivity index (χ2n) is 7.80. The second-order valence-corrected chi connectivity index (χ2v) is 7.80. The van der Waals surface area contributed by atoms with Crippen LogP contribution in [0.4, 0.5) is 0 Å². The molecule has 3 aliphatic rings. The fourth-order valence-electron chi connectivity index (χ4n) is 4.61. The van der Waals surface area contributed by atoms with Crippen LogP contribution in [0.25, 0.3) is 0 Å². The lowest BCUT2D eigenvalue weighted by molar-refractivity contribution is -0.123. The molecular weight excluding hydrogens is 344 g/mol. The van der Waals surface area contributed by atoms with Crippen LogP contribution < -0.4 is 5.32 Å². The van der Waals surface area contributed by atoms with E-state index in [4.69, 9.17) is 14.6 Å². The summed E-state index contributed by atoms with van der Waals surface area (Å²) in [5.74, 6) is 0.882. The molecule has 2 saturated heterocycles. The van der Waals surface area contributed by atoms with Crippen LogP contribution in [-0.4, -0.2) is 54.2 Å². The highest BCUT2D eigenvalue weighted by molar-refractivity contribution is 5.76. The van der Waals surface area contributed by atoms with Crippen LogP contribution in [0.15, 0.2) is 30.3 Å². The van der Waals surface area contributed by atoms with Gasteiger partial charge in [0.15, 0.2) is 0 Å². The van der Waals surface area contributed by atoms with Crippen LogP contribution in [0.5, 0.6) is 0 Å². The highest BCUT2D eigenvalue weighted by Crippen LogP contribution is 2.31. The van der Waals surface area contributed by atoms with Gasteiger partial charge in [0, 0.05) is 31.6 Å². The lowest BCUT2D eigenvalue weighted by Crippen LogP contribution is -2.43. The normalized spacial score (nSPS) is 28.1. The monoisotopic (exact) mass is 374 g/mol. The fourth-order valence-corrected chi connectivity index (χ4v) is 4.61. The first kappa shape index (κ1) is 19.8. The number of hydrogen-bond donors (Lipinski definition) is 2. The standard InChI is InChI=1S/C20H28N2O2.CH2O2/c23-20(10-15-6-4-5-7-15)21-17-11-18-14-24-19(13-22(18)12-17)16-8-2-1-3-9-16;2-1-3/h1-3,8-9,15,17-19H,4-7,10-14H2,(H,21,23);1H,(H,2,3)/t17-,18+,19-;/m1./s1. The van der Waals surface area contributed by atoms with Crippen molar-refractivity contribution >= 4 is 12.4 Å². The summed E-state index contributed by atoms with van der Waals surface area (Å²) >= 11 is 0. The van der Waals surface area contributed by atoms with Gasteiger partial charge in [-0.05, 0) is 30.7 Å². The van der Waals surface area contributed by atoms with Crippen LogP contribution >= 0.6 is 0 Å². The summed E-state index contributed by atoms with van der Waals surface area (Å²) in [4.78, 5) is 23.1. The third kappa shape index (κ3) is 5.53. The average molecular weight is 374 g/mol. The lowest BCUT2D eigenvalue weighted by Gasteiger charge is -2.35. The summed E-state index contributed by atoms with van der Waals surface area (Å²) in [5, 5.41) is 10.2. The molecule has 0 radical (unpaired) electrons. The largest absolute Gasteiger partial charge is 0.483 e. The Bertz CT molecular complexity index is 603. The molecule has 2 heterocycles. The van der Waals surface area contributed by atoms with E-state index in [1.54, 1.807) is 0 Å². The number of morpholine rings is 1. The van der Waals surface area contributed by atoms with Gasteiger partial charge in [-0.3, -0.25) is 14.5 Å². The number of nitrogens with zero attached hydrogens (tertiary/aromatic N) is 1. The van der Waals surface area contributed by atoms with E-state index in [0.717, 1.165) is 32.5 Å². The molecule has 3 atom stereocenters. The molecule has 1 aromatic carbocycles. The van der Waals surface area contributed by atoms with Crippen molar-refractivity contribution in [3.8, 4) is 0 Å². The molecule has 2 N–H and O–H groups in total. The van der Waals surface area contributed by atoms with Gasteiger partial charge in [-0.2, -0.15) is 0 Å². The van der Waals surface area contributed by atoms with Crippen molar-refractivity contribution in [2.24, 2.45) is 5.92 Å². The van der Waals surface area contributed by atoms with Crippen molar-refractivity contribution in [1.82, 2.24) is 10.2 Å². The number of rotatable bonds is 4. The van der Waals surface area contributed by atoms with Gasteiger partial charge in [0.1, 0.15) is 0 Å². The maximum absolute atomic E-state index is 12.3. The molecule has 1 aliphatic carbocycles. The molecule has 0 bridgehead atoms. The topological polar surface area (TPSA) is 78.9 Å². The van der Waals surface area contributed by atoms with Gasteiger partial charge in [0.05, 0.1) is 12.7 Å². The van der Waals surface area contributed by atoms with Crippen LogP contribution in [0.1, 0.15) is 50.2 Å². The number of nitrogens with one attached hydrogen (secondary N) is 1. The van der Waals surface area contributed by atoms with Crippen LogP contribution in [-0.2, 0) is 14.3 Å². The number of carboxylic acid groups (broad SMARTS) is 1. The lowest BCUT2D eigenvalue weighted by atomic mass is 10.0. The second kappa shape index (κ2) is 9.85. The SMILES string of the molecule is O=C(CC1CCCC1)N[C@@H]1C[C@H]2CO[C@@H](c3ccccc3)CN2C1.O=CO. The van der Waals surface area contributed by atoms with Crippen LogP contribution in [0.2, 0.25) is 0 Å². The van der Waals surface area contributed by atoms with E-state index in [1.807, 2.05) is 6.07 Å². The molecule has 1 aromatic rings. The molecule has 0 unspecified atom stereocenters. The van der Waals surface area contributed by atoms with E-state index in [1.165, 1.54) is 31.2 Å². The van der Waals surface area contributed by atoms with Crippen molar-refractivity contribution in [3.05, 3.63) is 35.9 Å². The Labute approximate surface area is 160 Å². The molecule has 3 fully saturated rings. The average Bonchev–Trinajstić information content (AvgIpc) is 3.31. The minimum Gasteiger partial charge on any atom is -0.483 e. The summed E-state index contributed by atoms with van der Waals surface area (Å²) in [6.07, 6.45) is 6.99. The fraction of sp³-hybridized carbons (Fsp3) is 0.619. The summed E-state index contributed by atoms with van der Waals surface area (Å²) in [7, 11) is 0. The van der Waals surface area contributed by atoms with Gasteiger partial charge in [0.25, 0.3) is 6.47 Å². The minimum absolute atomic E-state index is 0.162. The predicted molar refractivity (Wildman–Crippen MR) is 102 cm³/mol. The smallest absolute Gasteiger partial charge is 0.290 e. The zero-order chi connectivity index (χ0) is 19.1. The summed E-state index contributed by atoms with van der Waals surface area (Å²) in [6.45, 7) is 2.42. The predicted octanol–water partition coefficient (Wildman–Crippen LogP) is 2.60. The zero-order valence-electron chi connectivity index (χ0n) is 15.8. The molecular formula is C21H30N2O4. The molecule has 2 aliphatic heterocycles. The van der Waals surface area contributed by atoms with Gasteiger partial charge < -0.3 is 15.2 Å². The van der Waals surface area contributed by atoms with Gasteiger partial charge in [0.2, 0.25) is 5.91 Å². The van der Waals surface area contributed by atoms with Crippen molar-refractivity contribution in [2.45, 2.75) is 56.7 Å². The first-order valence-electron chi connectivity index (χ1n) is 9.97. The number of fused-ring (bicyclic) bond motifs is 1. The van der Waals surface area contributed by atoms with E-state index in [2.05, 4.69) is 34.5 Å². The number of carbonyl (C=O) groups is 2. The number of amides is 1. The molecule has 1 saturated carbocycles. The number of ether oxygens (including phenoxy) is 1. The third-order valence-corrected chi connectivity index (χ3v) is 5.90. The van der Waals surface area contributed by atoms with Crippen molar-refractivity contribution in [1.29, 1.82) is 0 Å². The first-order valence-corrected chi connectivity index (χ1v) is 9.97. The summed E-state index contributed by atoms with van der Waals surface area (Å²) < 4.78 is 6.08. The Morgan fingerprint density at radius 1 is 1.22 bits per heavy atom. The maximum Gasteiger partial charge on any atom is 0.290 e. The molecule has 0 spiro atoms. The first-order chi connectivity index (χ1) is 13.2. The van der Waals surface area contributed by atoms with Crippen molar-refractivity contribution in [2.75, 3.05) is 19.7 Å². The van der Waals surface area contributed by atoms with Crippen LogP contribution in [0.3, 0.4) is 0 Å². The van der Waals surface area contributed by atoms with E-state index < -0.39 is 0 Å². The van der Waals surface area contributed by atoms with E-state index in [9.17, 15) is 4.79 Å². The van der Waals surface area contributed by atoms with Gasteiger partial charge >= 0.3 is 0 Å². The van der Waals surface area contributed by atoms with Crippen LogP contribution in [0, 0.1) is 5.92 Å². The number of carbonyl (C=O) groups excluding carboxylic acids is 1. The van der Waals surface area contributed by atoms with Crippen molar-refractivity contribution in [3.63, 3.8) is 0 Å². The summed E-state index contributed by atoms with van der Waals surface area (Å²) in [5.41, 5.74) is 1.25. The van der Waals surface area contributed by atoms with Crippen molar-refractivity contribution < 1.29 is 19.4 Å². The summed E-state index contributed by atoms with van der Waals surface area (Å²) in [6, 6.07) is 11.2. The highest BCUT2D eigenvalue weighted by Gasteiger charge is 2.38. The molecule has 6 nitrogen and oxygen atoms in total. The number of benzene rings is 1. The molecule has 0 aromatic heterocycles. The van der Waals surface area contributed by atoms with E-state index >= 15 is 0 Å². The van der Waals surface area contributed by atoms with E-state index in [0.29, 0.717) is 18.0 Å². The highest BCUT2D eigenvalue weighted by atomic mass is 16.5. The Morgan fingerprint density at radius 3 is 2.63 bits per heavy atom. The Balaban J connectivity index is 0.000000659. The molecule has 6 heteroatoms. The third-order valence-electron chi connectivity index (χ3n) is 5.90. The van der Waals surface area contributed by atoms with E-state index in [-0.39, 0.29) is 18.5 Å². The molecule has 148 valence electrons. The maximum atomic E-state index is 12.3. The van der Waals surface area contributed by atoms with Gasteiger partial charge in [-0.1, -0.05) is 43.2 Å². The Hall–Kier alpha value is -1.92. The molecule has 4 rings (SSSR count). The van der Waals surface area contributed by atoms with Gasteiger partial charge in [-0.15, -0.1) is 0 Å². The molecule has 1 amide bonds. The Kier molecular flexibility index (Phi) is 7.24. The zero-order valence-corrected chi connectivity index (χ0v) is 15.8. The quantitative estimate of drug-likeness (QED) is 0.792. The Morgan fingerprint density at radius 2 is 1.93 bits per heavy atom. The minimum atomic E-state index is -0.250. The molecule has 27 heavy (non-hydrogen) atoms.